The molecule has 3 aliphatic heterocycles. The Morgan fingerprint density at radius 3 is 1.70 bits per heavy atom. The molecular formula is C18H32N2O21S2. The second-order valence-corrected chi connectivity index (χ2v) is 12.0. The van der Waals surface area contributed by atoms with Gasteiger partial charge in [-0.25, -0.2) is 4.79 Å². The first kappa shape index (κ1) is 36.2. The number of carboxylic acid groups (broad SMARTS) is 1. The molecule has 23 nitrogen and oxygen atoms in total. The molecule has 0 radical (unpaired) electrons. The van der Waals surface area contributed by atoms with Gasteiger partial charge in [-0.1, -0.05) is 0 Å². The van der Waals surface area contributed by atoms with Crippen molar-refractivity contribution in [2.75, 3.05) is 13.2 Å². The van der Waals surface area contributed by atoms with Crippen molar-refractivity contribution >= 4 is 26.6 Å². The molecule has 1 unspecified atom stereocenters. The van der Waals surface area contributed by atoms with Crippen LogP contribution in [0.5, 0.6) is 0 Å². The first-order valence-electron chi connectivity index (χ1n) is 12.1. The van der Waals surface area contributed by atoms with Gasteiger partial charge in [0.25, 0.3) is 0 Å². The maximum atomic E-state index is 12.1. The van der Waals surface area contributed by atoms with E-state index in [0.717, 1.165) is 0 Å². The third-order valence-electron chi connectivity index (χ3n) is 6.69. The Kier molecular flexibility index (Phi) is 11.8. The molecule has 0 amide bonds. The Morgan fingerprint density at radius 1 is 0.651 bits per heavy atom. The van der Waals surface area contributed by atoms with Gasteiger partial charge >= 0.3 is 26.6 Å². The van der Waals surface area contributed by atoms with Crippen LogP contribution in [0.3, 0.4) is 0 Å². The number of aliphatic hydroxyl groups is 8. The molecular weight excluding hydrogens is 644 g/mol. The molecule has 0 aromatic heterocycles. The zero-order valence-corrected chi connectivity index (χ0v) is 23.0. The van der Waals surface area contributed by atoms with E-state index < -0.39 is 132 Å². The Balaban J connectivity index is 1.86. The lowest BCUT2D eigenvalue weighted by Crippen LogP contribution is -2.69. The second kappa shape index (κ2) is 14.0. The Morgan fingerprint density at radius 2 is 1.19 bits per heavy atom. The molecule has 43 heavy (non-hydrogen) atoms. The molecule has 0 aromatic rings. The molecule has 15 atom stereocenters. The highest BCUT2D eigenvalue weighted by Crippen LogP contribution is 2.32. The normalized spacial score (nSPS) is 44.7. The van der Waals surface area contributed by atoms with Crippen LogP contribution in [0, 0.1) is 0 Å². The van der Waals surface area contributed by atoms with Crippen molar-refractivity contribution in [1.29, 1.82) is 0 Å². The van der Waals surface area contributed by atoms with Crippen LogP contribution < -0.4 is 9.44 Å². The zero-order valence-electron chi connectivity index (χ0n) is 21.4. The predicted molar refractivity (Wildman–Crippen MR) is 127 cm³/mol. The summed E-state index contributed by atoms with van der Waals surface area (Å²) < 4.78 is 92.3. The van der Waals surface area contributed by atoms with Crippen molar-refractivity contribution in [2.24, 2.45) is 0 Å². The van der Waals surface area contributed by atoms with Gasteiger partial charge in [-0.15, -0.1) is 0 Å². The summed E-state index contributed by atoms with van der Waals surface area (Å²) in [5.74, 6) is -1.92. The van der Waals surface area contributed by atoms with E-state index in [1.165, 1.54) is 9.44 Å². The second-order valence-electron chi connectivity index (χ2n) is 9.63. The van der Waals surface area contributed by atoms with E-state index in [4.69, 9.17) is 28.2 Å². The van der Waals surface area contributed by atoms with E-state index in [1.54, 1.807) is 0 Å². The lowest BCUT2D eigenvalue weighted by atomic mass is 9.95. The molecule has 0 aromatic carbocycles. The number of aliphatic carboxylic acids is 1. The SMILES string of the molecule is O=C(O)[C@@H]1O[C@@H](O[C@H]2[C@H](O)[C@@H](NS(=O)(=O)O)C(O)O[C@@H]2CO)[C@H](O)[C@@H](O)[C@@H]1O[C@H]1O[C@H](CO)[C@@H](O)[C@H](O)[C@H]1NS(=O)(=O)O. The van der Waals surface area contributed by atoms with Crippen LogP contribution in [-0.4, -0.2) is 183 Å². The average molecular weight is 677 g/mol. The fraction of sp³-hybridized carbons (Fsp3) is 0.944. The maximum absolute atomic E-state index is 12.1. The van der Waals surface area contributed by atoms with Crippen molar-refractivity contribution < 1.29 is 100 Å². The Hall–Kier alpha value is -1.31. The lowest BCUT2D eigenvalue weighted by Gasteiger charge is -2.48. The first-order chi connectivity index (χ1) is 19.8. The summed E-state index contributed by atoms with van der Waals surface area (Å²) in [6.45, 7) is -2.00. The van der Waals surface area contributed by atoms with E-state index in [-0.39, 0.29) is 0 Å². The summed E-state index contributed by atoms with van der Waals surface area (Å²) in [6.07, 6.45) is -27.3. The van der Waals surface area contributed by atoms with Crippen LogP contribution >= 0.6 is 0 Å². The van der Waals surface area contributed by atoms with Gasteiger partial charge in [0.1, 0.15) is 67.0 Å². The average Bonchev–Trinajstić information content (AvgIpc) is 2.89. The number of hydrogen-bond acceptors (Lipinski definition) is 18. The van der Waals surface area contributed by atoms with Crippen LogP contribution in [-0.2, 0) is 49.1 Å². The van der Waals surface area contributed by atoms with Gasteiger partial charge in [-0.05, 0) is 0 Å². The molecule has 0 saturated carbocycles. The van der Waals surface area contributed by atoms with Crippen LogP contribution in [0.15, 0.2) is 0 Å². The Labute approximate surface area is 241 Å². The molecule has 3 aliphatic rings. The molecule has 25 heteroatoms. The number of ether oxygens (including phenoxy) is 5. The fourth-order valence-corrected chi connectivity index (χ4v) is 5.85. The van der Waals surface area contributed by atoms with Gasteiger partial charge in [0.15, 0.2) is 25.0 Å². The van der Waals surface area contributed by atoms with Crippen LogP contribution in [0.25, 0.3) is 0 Å². The zero-order chi connectivity index (χ0) is 32.6. The number of nitrogens with one attached hydrogen (secondary N) is 2. The minimum absolute atomic E-state index is 0.985. The summed E-state index contributed by atoms with van der Waals surface area (Å²) in [5.41, 5.74) is 0. The van der Waals surface area contributed by atoms with Crippen molar-refractivity contribution in [3.05, 3.63) is 0 Å². The van der Waals surface area contributed by atoms with Crippen LogP contribution in [0.4, 0.5) is 0 Å². The fourth-order valence-electron chi connectivity index (χ4n) is 4.65. The van der Waals surface area contributed by atoms with E-state index in [9.17, 15) is 72.1 Å². The van der Waals surface area contributed by atoms with E-state index in [2.05, 4.69) is 0 Å². The van der Waals surface area contributed by atoms with Gasteiger partial charge < -0.3 is 69.6 Å². The molecule has 13 N–H and O–H groups in total. The van der Waals surface area contributed by atoms with E-state index >= 15 is 0 Å². The van der Waals surface area contributed by atoms with Crippen LogP contribution in [0.2, 0.25) is 0 Å². The monoisotopic (exact) mass is 676 g/mol. The minimum atomic E-state index is -5.15. The molecule has 0 spiro atoms. The third-order valence-corrected chi connectivity index (χ3v) is 7.83. The molecule has 3 fully saturated rings. The smallest absolute Gasteiger partial charge is 0.335 e. The number of hydrogen-bond donors (Lipinski definition) is 13. The third kappa shape index (κ3) is 8.49. The minimum Gasteiger partial charge on any atom is -0.479 e. The van der Waals surface area contributed by atoms with Gasteiger partial charge in [0.05, 0.1) is 13.2 Å². The first-order valence-corrected chi connectivity index (χ1v) is 15.0. The van der Waals surface area contributed by atoms with Crippen molar-refractivity contribution in [3.8, 4) is 0 Å². The largest absolute Gasteiger partial charge is 0.479 e. The molecule has 3 heterocycles. The molecule has 0 aliphatic carbocycles. The van der Waals surface area contributed by atoms with E-state index in [1.807, 2.05) is 0 Å². The molecule has 252 valence electrons. The van der Waals surface area contributed by atoms with Crippen molar-refractivity contribution in [1.82, 2.24) is 9.44 Å². The van der Waals surface area contributed by atoms with Crippen molar-refractivity contribution in [2.45, 2.75) is 92.0 Å². The lowest BCUT2D eigenvalue weighted by molar-refractivity contribution is -0.360. The summed E-state index contributed by atoms with van der Waals surface area (Å²) in [4.78, 5) is 12.1. The highest BCUT2D eigenvalue weighted by atomic mass is 32.2. The number of carboxylic acids is 1. The van der Waals surface area contributed by atoms with Gasteiger partial charge in [0, 0.05) is 0 Å². The number of carbonyl (C=O) groups is 1. The summed E-state index contributed by atoms with van der Waals surface area (Å²) >= 11 is 0. The van der Waals surface area contributed by atoms with E-state index in [0.29, 0.717) is 0 Å². The van der Waals surface area contributed by atoms with Gasteiger partial charge in [0.2, 0.25) is 0 Å². The summed E-state index contributed by atoms with van der Waals surface area (Å²) in [7, 11) is -10.2. The highest BCUT2D eigenvalue weighted by Gasteiger charge is 2.55. The van der Waals surface area contributed by atoms with Gasteiger partial charge in [-0.3, -0.25) is 9.11 Å². The summed E-state index contributed by atoms with van der Waals surface area (Å²) in [6, 6.07) is -4.11. The molecule has 3 rings (SSSR count). The predicted octanol–water partition coefficient (Wildman–Crippen LogP) is -8.68. The highest BCUT2D eigenvalue weighted by molar-refractivity contribution is 7.84. The maximum Gasteiger partial charge on any atom is 0.335 e. The number of rotatable bonds is 11. The quantitative estimate of drug-likeness (QED) is 0.0903. The standard InChI is InChI=1S/C18H32N2O21S2/c21-1-3-7(23)8(24)6(20-43(34,35)36)17(38-3)40-13-10(26)11(27)18(41-14(13)15(28)29)39-12-4(2-22)37-16(30)5(9(12)25)19-42(31,32)33/h3-14,16-27,30H,1-2H2,(H,28,29)(H,31,32,33)(H,34,35,36)/t3-,4-,5-,6-,7-,8-,9-,10-,11-,12-,13+,14-,16?,17-,18-/m1/s1. The Bertz CT molecular complexity index is 1170. The molecule has 3 saturated heterocycles. The summed E-state index contributed by atoms with van der Waals surface area (Å²) in [5, 5.41) is 91.2. The van der Waals surface area contributed by atoms with Gasteiger partial charge in [-0.2, -0.15) is 26.3 Å². The van der Waals surface area contributed by atoms with Crippen LogP contribution in [0.1, 0.15) is 0 Å². The topological polar surface area (TPSA) is 378 Å². The van der Waals surface area contributed by atoms with Crippen molar-refractivity contribution in [3.63, 3.8) is 0 Å². The number of aliphatic hydroxyl groups excluding tert-OH is 8. The molecule has 0 bridgehead atoms.